The van der Waals surface area contributed by atoms with Crippen molar-refractivity contribution in [1.82, 2.24) is 9.55 Å². The molecule has 0 radical (unpaired) electrons. The van der Waals surface area contributed by atoms with Crippen molar-refractivity contribution in [3.8, 4) is 0 Å². The molecule has 17 heavy (non-hydrogen) atoms. The number of aryl methyl sites for hydroxylation is 1. The van der Waals surface area contributed by atoms with Crippen LogP contribution in [0.5, 0.6) is 0 Å². The van der Waals surface area contributed by atoms with Gasteiger partial charge in [-0.3, -0.25) is 0 Å². The van der Waals surface area contributed by atoms with E-state index in [-0.39, 0.29) is 10.6 Å². The van der Waals surface area contributed by atoms with E-state index in [0.717, 1.165) is 23.9 Å². The number of nitrogens with two attached hydrogens (primary N) is 1. The molecule has 0 fully saturated rings. The number of halogens is 2. The number of benzene rings is 1. The number of anilines is 1. The van der Waals surface area contributed by atoms with Crippen LogP contribution < -0.4 is 5.73 Å². The predicted octanol–water partition coefficient (Wildman–Crippen LogP) is 2.91. The molecular weight excluding hydrogens is 244 g/mol. The summed E-state index contributed by atoms with van der Waals surface area (Å²) < 4.78 is 28.9. The highest BCUT2D eigenvalue weighted by atomic mass is 32.2. The summed E-state index contributed by atoms with van der Waals surface area (Å²) in [5, 5.41) is 0.551. The third-order valence-corrected chi connectivity index (χ3v) is 3.35. The van der Waals surface area contributed by atoms with Gasteiger partial charge in [-0.15, -0.1) is 0 Å². The maximum Gasteiger partial charge on any atom is 0.173 e. The lowest BCUT2D eigenvalue weighted by atomic mass is 10.3. The summed E-state index contributed by atoms with van der Waals surface area (Å²) >= 11 is 0.954. The average Bonchev–Trinajstić information content (AvgIpc) is 2.70. The van der Waals surface area contributed by atoms with Crippen molar-refractivity contribution in [2.75, 3.05) is 5.73 Å². The van der Waals surface area contributed by atoms with Crippen LogP contribution in [-0.4, -0.2) is 9.55 Å². The summed E-state index contributed by atoms with van der Waals surface area (Å²) in [4.78, 5) is 3.97. The van der Waals surface area contributed by atoms with Crippen LogP contribution in [0.15, 0.2) is 34.6 Å². The first-order chi connectivity index (χ1) is 8.11. The quantitative estimate of drug-likeness (QED) is 0.858. The third kappa shape index (κ3) is 2.41. The first-order valence-corrected chi connectivity index (χ1v) is 5.87. The highest BCUT2D eigenvalue weighted by Gasteiger charge is 2.14. The number of rotatable bonds is 3. The molecule has 2 aromatic rings. The summed E-state index contributed by atoms with van der Waals surface area (Å²) in [6.45, 7) is 2.63. The summed E-state index contributed by atoms with van der Waals surface area (Å²) in [5.74, 6) is -1.34. The van der Waals surface area contributed by atoms with Crippen molar-refractivity contribution in [3.63, 3.8) is 0 Å². The van der Waals surface area contributed by atoms with E-state index in [2.05, 4.69) is 4.98 Å². The zero-order valence-electron chi connectivity index (χ0n) is 9.15. The van der Waals surface area contributed by atoms with E-state index in [1.54, 1.807) is 17.0 Å². The minimum absolute atomic E-state index is 0.0724. The van der Waals surface area contributed by atoms with Crippen LogP contribution >= 0.6 is 11.8 Å². The standard InChI is InChI=1S/C11H11F2N3S/c1-2-16-4-3-15-11(16)17-10-8(12)5-7(14)6-9(10)13/h3-6H,2,14H2,1H3. The van der Waals surface area contributed by atoms with Gasteiger partial charge in [0.15, 0.2) is 5.16 Å². The Morgan fingerprint density at radius 1 is 1.35 bits per heavy atom. The van der Waals surface area contributed by atoms with E-state index in [0.29, 0.717) is 11.7 Å². The molecule has 0 aliphatic carbocycles. The van der Waals surface area contributed by atoms with E-state index >= 15 is 0 Å². The van der Waals surface area contributed by atoms with Crippen molar-refractivity contribution in [3.05, 3.63) is 36.2 Å². The molecule has 1 aromatic carbocycles. The van der Waals surface area contributed by atoms with Crippen LogP contribution in [0, 0.1) is 11.6 Å². The lowest BCUT2D eigenvalue weighted by Crippen LogP contribution is -1.97. The van der Waals surface area contributed by atoms with Crippen LogP contribution in [0.3, 0.4) is 0 Å². The van der Waals surface area contributed by atoms with Gasteiger partial charge in [0, 0.05) is 24.6 Å². The maximum atomic E-state index is 13.6. The fourth-order valence-corrected chi connectivity index (χ4v) is 2.33. The first kappa shape index (κ1) is 11.9. The molecule has 0 atom stereocenters. The molecular formula is C11H11F2N3S. The van der Waals surface area contributed by atoms with Gasteiger partial charge in [-0.25, -0.2) is 13.8 Å². The van der Waals surface area contributed by atoms with Gasteiger partial charge in [-0.1, -0.05) is 0 Å². The van der Waals surface area contributed by atoms with Gasteiger partial charge in [0.2, 0.25) is 0 Å². The van der Waals surface area contributed by atoms with Gasteiger partial charge in [0.1, 0.15) is 11.6 Å². The Kier molecular flexibility index (Phi) is 3.33. The molecule has 90 valence electrons. The van der Waals surface area contributed by atoms with Gasteiger partial charge < -0.3 is 10.3 Å². The van der Waals surface area contributed by atoms with E-state index in [1.807, 2.05) is 6.92 Å². The van der Waals surface area contributed by atoms with Crippen LogP contribution in [0.4, 0.5) is 14.5 Å². The fourth-order valence-electron chi connectivity index (χ4n) is 1.41. The molecule has 0 bridgehead atoms. The Hall–Kier alpha value is -1.56. The highest BCUT2D eigenvalue weighted by Crippen LogP contribution is 2.32. The SMILES string of the molecule is CCn1ccnc1Sc1c(F)cc(N)cc1F. The van der Waals surface area contributed by atoms with Crippen molar-refractivity contribution in [2.45, 2.75) is 23.5 Å². The minimum Gasteiger partial charge on any atom is -0.399 e. The molecule has 0 unspecified atom stereocenters. The number of aromatic nitrogens is 2. The molecule has 0 amide bonds. The summed E-state index contributed by atoms with van der Waals surface area (Å²) in [5.41, 5.74) is 5.42. The van der Waals surface area contributed by atoms with Crippen LogP contribution in [0.1, 0.15) is 6.92 Å². The van der Waals surface area contributed by atoms with Crippen molar-refractivity contribution in [1.29, 1.82) is 0 Å². The van der Waals surface area contributed by atoms with Crippen LogP contribution in [-0.2, 0) is 6.54 Å². The molecule has 0 spiro atoms. The van der Waals surface area contributed by atoms with Crippen LogP contribution in [0.2, 0.25) is 0 Å². The molecule has 1 heterocycles. The second kappa shape index (κ2) is 4.75. The lowest BCUT2D eigenvalue weighted by molar-refractivity contribution is 0.540. The second-order valence-electron chi connectivity index (χ2n) is 3.41. The van der Waals surface area contributed by atoms with Gasteiger partial charge in [0.05, 0.1) is 4.90 Å². The van der Waals surface area contributed by atoms with Gasteiger partial charge >= 0.3 is 0 Å². The first-order valence-electron chi connectivity index (χ1n) is 5.05. The molecule has 0 aliphatic rings. The molecule has 0 aliphatic heterocycles. The number of imidazole rings is 1. The molecule has 2 rings (SSSR count). The summed E-state index contributed by atoms with van der Waals surface area (Å²) in [6, 6.07) is 2.20. The second-order valence-corrected chi connectivity index (χ2v) is 4.39. The monoisotopic (exact) mass is 255 g/mol. The van der Waals surface area contributed by atoms with E-state index in [4.69, 9.17) is 5.73 Å². The Labute approximate surface area is 102 Å². The number of nitrogens with zero attached hydrogens (tertiary/aromatic N) is 2. The predicted molar refractivity (Wildman–Crippen MR) is 62.8 cm³/mol. The topological polar surface area (TPSA) is 43.8 Å². The normalized spacial score (nSPS) is 10.8. The zero-order valence-corrected chi connectivity index (χ0v) is 9.97. The molecule has 0 saturated carbocycles. The summed E-state index contributed by atoms with van der Waals surface area (Å²) in [7, 11) is 0. The van der Waals surface area contributed by atoms with Gasteiger partial charge in [0.25, 0.3) is 0 Å². The van der Waals surface area contributed by atoms with Crippen molar-refractivity contribution >= 4 is 17.4 Å². The average molecular weight is 255 g/mol. The minimum atomic E-state index is -0.668. The Morgan fingerprint density at radius 2 is 2.00 bits per heavy atom. The Morgan fingerprint density at radius 3 is 2.59 bits per heavy atom. The number of hydrogen-bond acceptors (Lipinski definition) is 3. The highest BCUT2D eigenvalue weighted by molar-refractivity contribution is 7.99. The summed E-state index contributed by atoms with van der Waals surface area (Å²) in [6.07, 6.45) is 3.36. The van der Waals surface area contributed by atoms with E-state index in [9.17, 15) is 8.78 Å². The van der Waals surface area contributed by atoms with E-state index in [1.165, 1.54) is 0 Å². The fraction of sp³-hybridized carbons (Fsp3) is 0.182. The molecule has 2 N–H and O–H groups in total. The molecule has 6 heteroatoms. The third-order valence-electron chi connectivity index (χ3n) is 2.23. The maximum absolute atomic E-state index is 13.6. The van der Waals surface area contributed by atoms with Gasteiger partial charge in [-0.2, -0.15) is 0 Å². The number of hydrogen-bond donors (Lipinski definition) is 1. The lowest BCUT2D eigenvalue weighted by Gasteiger charge is -2.07. The Bertz CT molecular complexity index is 516. The van der Waals surface area contributed by atoms with Crippen molar-refractivity contribution < 1.29 is 8.78 Å². The van der Waals surface area contributed by atoms with Gasteiger partial charge in [-0.05, 0) is 30.8 Å². The smallest absolute Gasteiger partial charge is 0.173 e. The zero-order chi connectivity index (χ0) is 12.4. The van der Waals surface area contributed by atoms with Crippen LogP contribution in [0.25, 0.3) is 0 Å². The molecule has 0 saturated heterocycles. The molecule has 1 aromatic heterocycles. The molecule has 3 nitrogen and oxygen atoms in total. The largest absolute Gasteiger partial charge is 0.399 e. The Balaban J connectivity index is 2.36. The number of nitrogen functional groups attached to an aromatic ring is 1. The van der Waals surface area contributed by atoms with E-state index < -0.39 is 11.6 Å². The van der Waals surface area contributed by atoms with Crippen molar-refractivity contribution in [2.24, 2.45) is 0 Å².